The van der Waals surface area contributed by atoms with Gasteiger partial charge in [0.1, 0.15) is 19.6 Å². The second-order valence-electron chi connectivity index (χ2n) is 9.20. The number of rotatable bonds is 21. The van der Waals surface area contributed by atoms with E-state index in [0.29, 0.717) is 17.6 Å². The van der Waals surface area contributed by atoms with Crippen LogP contribution in [0.1, 0.15) is 96.0 Å². The number of hydrogen-bond donors (Lipinski definition) is 2. The molecule has 0 aliphatic carbocycles. The SMILES string of the molecule is CCCCCCCCCCCCCC/C=C/C=C/[N+](CCO)(CCO)Cc1ccccc1. The van der Waals surface area contributed by atoms with Crippen LogP contribution in [-0.4, -0.2) is 41.0 Å². The Morgan fingerprint density at radius 1 is 0.688 bits per heavy atom. The van der Waals surface area contributed by atoms with Crippen LogP contribution in [0.2, 0.25) is 0 Å². The third-order valence-electron chi connectivity index (χ3n) is 6.30. The predicted octanol–water partition coefficient (Wildman–Crippen LogP) is 7.15. The summed E-state index contributed by atoms with van der Waals surface area (Å²) in [5.41, 5.74) is 1.22. The summed E-state index contributed by atoms with van der Waals surface area (Å²) in [6, 6.07) is 10.3. The zero-order chi connectivity index (χ0) is 23.2. The highest BCUT2D eigenvalue weighted by Gasteiger charge is 2.24. The van der Waals surface area contributed by atoms with Gasteiger partial charge in [0.15, 0.2) is 0 Å². The molecule has 32 heavy (non-hydrogen) atoms. The molecule has 0 saturated heterocycles. The molecule has 3 heteroatoms. The number of allylic oxidation sites excluding steroid dienone is 3. The normalized spacial score (nSPS) is 12.3. The predicted molar refractivity (Wildman–Crippen MR) is 138 cm³/mol. The molecule has 0 saturated carbocycles. The fraction of sp³-hybridized carbons (Fsp3) is 0.655. The molecular formula is C29H50NO2+. The second kappa shape index (κ2) is 20.2. The molecule has 0 amide bonds. The van der Waals surface area contributed by atoms with Crippen molar-refractivity contribution in [1.82, 2.24) is 0 Å². The van der Waals surface area contributed by atoms with E-state index in [1.165, 1.54) is 82.6 Å². The maximum absolute atomic E-state index is 9.59. The Balaban J connectivity index is 2.21. The molecule has 0 spiro atoms. The van der Waals surface area contributed by atoms with Gasteiger partial charge >= 0.3 is 0 Å². The summed E-state index contributed by atoms with van der Waals surface area (Å²) in [6.45, 7) is 4.50. The number of quaternary nitrogens is 1. The molecule has 0 bridgehead atoms. The number of benzene rings is 1. The van der Waals surface area contributed by atoms with Gasteiger partial charge in [-0.1, -0.05) is 120 Å². The lowest BCUT2D eigenvalue weighted by Crippen LogP contribution is -2.46. The van der Waals surface area contributed by atoms with Crippen LogP contribution in [0.5, 0.6) is 0 Å². The molecule has 0 aromatic heterocycles. The van der Waals surface area contributed by atoms with Gasteiger partial charge in [-0.15, -0.1) is 0 Å². The van der Waals surface area contributed by atoms with Crippen molar-refractivity contribution in [2.45, 2.75) is 96.9 Å². The van der Waals surface area contributed by atoms with Crippen molar-refractivity contribution in [3.8, 4) is 0 Å². The minimum absolute atomic E-state index is 0.111. The maximum Gasteiger partial charge on any atom is 0.109 e. The summed E-state index contributed by atoms with van der Waals surface area (Å²) < 4.78 is 0.569. The van der Waals surface area contributed by atoms with E-state index < -0.39 is 0 Å². The van der Waals surface area contributed by atoms with Gasteiger partial charge in [-0.2, -0.15) is 0 Å². The third-order valence-corrected chi connectivity index (χ3v) is 6.30. The minimum atomic E-state index is 0.111. The molecule has 0 unspecified atom stereocenters. The average Bonchev–Trinajstić information content (AvgIpc) is 2.80. The van der Waals surface area contributed by atoms with E-state index in [9.17, 15) is 10.2 Å². The van der Waals surface area contributed by atoms with Crippen molar-refractivity contribution < 1.29 is 14.7 Å². The average molecular weight is 445 g/mol. The number of unbranched alkanes of at least 4 members (excludes halogenated alkanes) is 12. The molecule has 1 rings (SSSR count). The lowest BCUT2D eigenvalue weighted by atomic mass is 10.0. The number of nitrogens with zero attached hydrogens (tertiary/aromatic N) is 1. The van der Waals surface area contributed by atoms with Crippen LogP contribution in [0, 0.1) is 0 Å². The second-order valence-corrected chi connectivity index (χ2v) is 9.20. The standard InChI is InChI=1S/C29H50NO2/c1-2-3-4-5-6-7-8-9-10-11-12-13-14-15-16-20-23-30(24-26-31,25-27-32)28-29-21-18-17-19-22-29/h15-23,31-32H,2-14,24-28H2,1H3/q+1/b16-15+,23-20+. The van der Waals surface area contributed by atoms with Gasteiger partial charge in [0, 0.05) is 5.56 Å². The van der Waals surface area contributed by atoms with Crippen molar-refractivity contribution >= 4 is 0 Å². The summed E-state index contributed by atoms with van der Waals surface area (Å²) >= 11 is 0. The number of aliphatic hydroxyl groups is 2. The summed E-state index contributed by atoms with van der Waals surface area (Å²) in [5.74, 6) is 0. The Morgan fingerprint density at radius 2 is 1.22 bits per heavy atom. The fourth-order valence-electron chi connectivity index (χ4n) is 4.33. The van der Waals surface area contributed by atoms with E-state index in [-0.39, 0.29) is 13.2 Å². The van der Waals surface area contributed by atoms with Gasteiger partial charge in [-0.3, -0.25) is 4.48 Å². The van der Waals surface area contributed by atoms with Crippen LogP contribution in [0.25, 0.3) is 0 Å². The molecule has 0 aliphatic heterocycles. The quantitative estimate of drug-likeness (QED) is 0.120. The summed E-state index contributed by atoms with van der Waals surface area (Å²) in [5, 5.41) is 19.2. The maximum atomic E-state index is 9.59. The van der Waals surface area contributed by atoms with E-state index in [2.05, 4.69) is 43.5 Å². The highest BCUT2D eigenvalue weighted by atomic mass is 16.3. The van der Waals surface area contributed by atoms with Gasteiger partial charge in [-0.05, 0) is 18.9 Å². The minimum Gasteiger partial charge on any atom is -0.390 e. The Hall–Kier alpha value is -1.42. The Morgan fingerprint density at radius 3 is 1.75 bits per heavy atom. The van der Waals surface area contributed by atoms with Crippen molar-refractivity contribution in [2.75, 3.05) is 26.3 Å². The van der Waals surface area contributed by atoms with E-state index >= 15 is 0 Å². The van der Waals surface area contributed by atoms with Crippen LogP contribution >= 0.6 is 0 Å². The zero-order valence-corrected chi connectivity index (χ0v) is 20.8. The van der Waals surface area contributed by atoms with Crippen molar-refractivity contribution in [1.29, 1.82) is 0 Å². The Kier molecular flexibility index (Phi) is 18.1. The van der Waals surface area contributed by atoms with Crippen LogP contribution in [-0.2, 0) is 6.54 Å². The van der Waals surface area contributed by atoms with Gasteiger partial charge < -0.3 is 10.2 Å². The van der Waals surface area contributed by atoms with Crippen LogP contribution in [0.3, 0.4) is 0 Å². The van der Waals surface area contributed by atoms with Crippen LogP contribution in [0.4, 0.5) is 0 Å². The molecule has 0 aliphatic rings. The molecule has 0 atom stereocenters. The lowest BCUT2D eigenvalue weighted by Gasteiger charge is -2.34. The summed E-state index contributed by atoms with van der Waals surface area (Å²) in [4.78, 5) is 0. The van der Waals surface area contributed by atoms with Crippen molar-refractivity contribution in [3.63, 3.8) is 0 Å². The van der Waals surface area contributed by atoms with Gasteiger partial charge in [0.25, 0.3) is 0 Å². The highest BCUT2D eigenvalue weighted by Crippen LogP contribution is 2.16. The number of aliphatic hydroxyl groups excluding tert-OH is 2. The van der Waals surface area contributed by atoms with E-state index in [4.69, 9.17) is 0 Å². The number of hydrogen-bond acceptors (Lipinski definition) is 2. The van der Waals surface area contributed by atoms with E-state index in [1.807, 2.05) is 18.2 Å². The van der Waals surface area contributed by atoms with Crippen LogP contribution in [0.15, 0.2) is 54.8 Å². The molecule has 0 radical (unpaired) electrons. The molecule has 182 valence electrons. The molecule has 3 nitrogen and oxygen atoms in total. The first-order valence-corrected chi connectivity index (χ1v) is 13.2. The van der Waals surface area contributed by atoms with Crippen LogP contribution < -0.4 is 0 Å². The summed E-state index contributed by atoms with van der Waals surface area (Å²) in [7, 11) is 0. The molecule has 1 aromatic carbocycles. The first-order valence-electron chi connectivity index (χ1n) is 13.2. The molecule has 2 N–H and O–H groups in total. The Labute approximate surface area is 198 Å². The molecule has 0 fully saturated rings. The highest BCUT2D eigenvalue weighted by molar-refractivity contribution is 5.13. The van der Waals surface area contributed by atoms with Gasteiger partial charge in [-0.25, -0.2) is 0 Å². The molecular weight excluding hydrogens is 394 g/mol. The topological polar surface area (TPSA) is 40.5 Å². The van der Waals surface area contributed by atoms with E-state index in [1.54, 1.807) is 0 Å². The first kappa shape index (κ1) is 28.6. The summed E-state index contributed by atoms with van der Waals surface area (Å²) in [6.07, 6.45) is 26.4. The van der Waals surface area contributed by atoms with Gasteiger partial charge in [0.2, 0.25) is 0 Å². The zero-order valence-electron chi connectivity index (χ0n) is 20.8. The fourth-order valence-corrected chi connectivity index (χ4v) is 4.33. The smallest absolute Gasteiger partial charge is 0.109 e. The largest absolute Gasteiger partial charge is 0.390 e. The molecule has 1 aromatic rings. The van der Waals surface area contributed by atoms with Gasteiger partial charge in [0.05, 0.1) is 19.4 Å². The van der Waals surface area contributed by atoms with Crippen molar-refractivity contribution in [2.24, 2.45) is 0 Å². The van der Waals surface area contributed by atoms with Crippen molar-refractivity contribution in [3.05, 3.63) is 60.3 Å². The first-order chi connectivity index (χ1) is 15.8. The monoisotopic (exact) mass is 444 g/mol. The lowest BCUT2D eigenvalue weighted by molar-refractivity contribution is -0.893. The van der Waals surface area contributed by atoms with E-state index in [0.717, 1.165) is 13.0 Å². The molecule has 0 heterocycles. The Bertz CT molecular complexity index is 576. The third kappa shape index (κ3) is 14.6.